The lowest BCUT2D eigenvalue weighted by Crippen LogP contribution is -2.44. The van der Waals surface area contributed by atoms with Crippen LogP contribution in [0.5, 0.6) is 0 Å². The third-order valence-electron chi connectivity index (χ3n) is 5.51. The molecule has 0 saturated carbocycles. The van der Waals surface area contributed by atoms with Crippen molar-refractivity contribution in [2.45, 2.75) is 0 Å². The number of hydrogen-bond donors (Lipinski definition) is 2. The van der Waals surface area contributed by atoms with Crippen molar-refractivity contribution in [2.24, 2.45) is 0 Å². The van der Waals surface area contributed by atoms with Crippen LogP contribution in [0.15, 0.2) is 60.9 Å². The van der Waals surface area contributed by atoms with Gasteiger partial charge in [0, 0.05) is 43.4 Å². The Morgan fingerprint density at radius 1 is 0.969 bits per heavy atom. The number of aromatic nitrogens is 4. The zero-order valence-corrected chi connectivity index (χ0v) is 17.7. The van der Waals surface area contributed by atoms with Crippen molar-refractivity contribution >= 4 is 39.7 Å². The molecule has 0 unspecified atom stereocenters. The molecule has 2 aromatic heterocycles. The molecule has 1 saturated heterocycles. The number of halogens is 1. The third kappa shape index (κ3) is 4.28. The number of benzene rings is 2. The average molecular weight is 430 g/mol. The number of nitrogens with zero attached hydrogens (tertiary/aromatic N) is 6. The lowest BCUT2D eigenvalue weighted by atomic mass is 10.2. The van der Waals surface area contributed by atoms with Crippen LogP contribution < -0.4 is 15.5 Å². The number of fused-ring (bicyclic) bond motifs is 1. The number of rotatable bonds is 5. The van der Waals surface area contributed by atoms with Gasteiger partial charge in [0.1, 0.15) is 11.6 Å². The Morgan fingerprint density at radius 2 is 1.81 bits per heavy atom. The monoisotopic (exact) mass is 430 g/mol. The summed E-state index contributed by atoms with van der Waals surface area (Å²) in [6.45, 7) is 3.48. The van der Waals surface area contributed by atoms with Crippen molar-refractivity contribution in [3.63, 3.8) is 0 Å². The van der Waals surface area contributed by atoms with Gasteiger partial charge in [-0.25, -0.2) is 9.37 Å². The van der Waals surface area contributed by atoms with E-state index < -0.39 is 0 Å². The molecule has 8 nitrogen and oxygen atoms in total. The van der Waals surface area contributed by atoms with Crippen LogP contribution in [-0.2, 0) is 0 Å². The van der Waals surface area contributed by atoms with Gasteiger partial charge in [0.2, 0.25) is 5.95 Å². The van der Waals surface area contributed by atoms with E-state index in [1.165, 1.54) is 6.07 Å². The zero-order chi connectivity index (χ0) is 21.9. The second-order valence-electron chi connectivity index (χ2n) is 7.75. The van der Waals surface area contributed by atoms with Gasteiger partial charge in [-0.15, -0.1) is 0 Å². The average Bonchev–Trinajstić information content (AvgIpc) is 2.81. The van der Waals surface area contributed by atoms with E-state index in [2.05, 4.69) is 47.6 Å². The third-order valence-corrected chi connectivity index (χ3v) is 5.51. The van der Waals surface area contributed by atoms with Crippen LogP contribution in [0.4, 0.5) is 33.2 Å². The lowest BCUT2D eigenvalue weighted by molar-refractivity contribution is 0.311. The largest absolute Gasteiger partial charge is 0.367 e. The first kappa shape index (κ1) is 20.1. The molecule has 162 valence electrons. The highest BCUT2D eigenvalue weighted by molar-refractivity contribution is 5.91. The molecule has 32 heavy (non-hydrogen) atoms. The highest BCUT2D eigenvalue weighted by Crippen LogP contribution is 2.26. The zero-order valence-electron chi connectivity index (χ0n) is 17.7. The molecule has 0 aliphatic carbocycles. The number of anilines is 5. The molecule has 1 aliphatic heterocycles. The summed E-state index contributed by atoms with van der Waals surface area (Å²) in [4.78, 5) is 13.1. The maximum atomic E-state index is 14.8. The summed E-state index contributed by atoms with van der Waals surface area (Å²) in [6.07, 6.45) is 3.30. The Bertz CT molecular complexity index is 1230. The van der Waals surface area contributed by atoms with Crippen LogP contribution in [0.25, 0.3) is 10.9 Å². The molecule has 0 spiro atoms. The maximum Gasteiger partial charge on any atom is 0.229 e. The number of nitrogens with one attached hydrogen (secondary N) is 2. The molecule has 0 amide bonds. The molecule has 9 heteroatoms. The molecule has 0 bridgehead atoms. The van der Waals surface area contributed by atoms with Gasteiger partial charge in [-0.2, -0.15) is 15.2 Å². The highest BCUT2D eigenvalue weighted by Gasteiger charge is 2.17. The summed E-state index contributed by atoms with van der Waals surface area (Å²) in [6, 6.07) is 14.6. The first-order valence-electron chi connectivity index (χ1n) is 10.5. The summed E-state index contributed by atoms with van der Waals surface area (Å²) in [5.41, 5.74) is 2.80. The predicted octanol–water partition coefficient (Wildman–Crippen LogP) is 3.80. The molecular formula is C23H23FN8. The molecule has 0 atom stereocenters. The van der Waals surface area contributed by atoms with E-state index in [4.69, 9.17) is 0 Å². The smallest absolute Gasteiger partial charge is 0.229 e. The van der Waals surface area contributed by atoms with E-state index in [0.717, 1.165) is 42.8 Å². The molecule has 1 fully saturated rings. The van der Waals surface area contributed by atoms with Gasteiger partial charge in [-0.1, -0.05) is 18.2 Å². The van der Waals surface area contributed by atoms with E-state index in [9.17, 15) is 4.39 Å². The van der Waals surface area contributed by atoms with Crippen LogP contribution >= 0.6 is 0 Å². The summed E-state index contributed by atoms with van der Waals surface area (Å²) >= 11 is 0. The van der Waals surface area contributed by atoms with Gasteiger partial charge in [-0.05, 0) is 37.4 Å². The van der Waals surface area contributed by atoms with Crippen LogP contribution in [0, 0.1) is 5.82 Å². The Morgan fingerprint density at radius 3 is 2.66 bits per heavy atom. The fourth-order valence-electron chi connectivity index (χ4n) is 3.75. The topological polar surface area (TPSA) is 82.1 Å². The number of likely N-dealkylation sites (N-methyl/N-ethyl adjacent to an activating group) is 1. The molecule has 2 N–H and O–H groups in total. The number of piperazine rings is 1. The van der Waals surface area contributed by atoms with E-state index in [1.807, 2.05) is 30.3 Å². The molecule has 2 aromatic carbocycles. The summed E-state index contributed by atoms with van der Waals surface area (Å²) < 4.78 is 14.8. The maximum absolute atomic E-state index is 14.8. The van der Waals surface area contributed by atoms with Gasteiger partial charge < -0.3 is 20.4 Å². The minimum absolute atomic E-state index is 0.261. The molecule has 0 radical (unpaired) electrons. The van der Waals surface area contributed by atoms with Gasteiger partial charge in [0.25, 0.3) is 0 Å². The summed E-state index contributed by atoms with van der Waals surface area (Å²) in [7, 11) is 2.08. The van der Waals surface area contributed by atoms with Crippen LogP contribution in [-0.4, -0.2) is 58.3 Å². The van der Waals surface area contributed by atoms with Crippen LogP contribution in [0.1, 0.15) is 0 Å². The fraction of sp³-hybridized carbons (Fsp3) is 0.217. The molecule has 3 heterocycles. The van der Waals surface area contributed by atoms with Crippen molar-refractivity contribution < 1.29 is 4.39 Å². The lowest BCUT2D eigenvalue weighted by Gasteiger charge is -2.34. The van der Waals surface area contributed by atoms with E-state index in [0.29, 0.717) is 23.1 Å². The van der Waals surface area contributed by atoms with E-state index in [-0.39, 0.29) is 5.82 Å². The van der Waals surface area contributed by atoms with E-state index in [1.54, 1.807) is 24.5 Å². The highest BCUT2D eigenvalue weighted by atomic mass is 19.1. The second kappa shape index (κ2) is 8.72. The first-order valence-corrected chi connectivity index (χ1v) is 10.5. The van der Waals surface area contributed by atoms with E-state index >= 15 is 0 Å². The molecule has 4 aromatic rings. The minimum Gasteiger partial charge on any atom is -0.367 e. The van der Waals surface area contributed by atoms with Crippen molar-refractivity contribution in [3.05, 3.63) is 66.7 Å². The molecule has 1 aliphatic rings. The Labute approximate surface area is 185 Å². The quantitative estimate of drug-likeness (QED) is 0.495. The minimum atomic E-state index is -0.261. The van der Waals surface area contributed by atoms with Crippen molar-refractivity contribution in [1.29, 1.82) is 0 Å². The van der Waals surface area contributed by atoms with Crippen LogP contribution in [0.2, 0.25) is 0 Å². The van der Waals surface area contributed by atoms with Gasteiger partial charge in [0.15, 0.2) is 0 Å². The SMILES string of the molecule is CN1CCN(c2ccc(Nc3nccc(Nc4cnnc5ccccc45)n3)cc2F)CC1. The van der Waals surface area contributed by atoms with Crippen molar-refractivity contribution in [2.75, 3.05) is 48.8 Å². The first-order chi connectivity index (χ1) is 15.7. The van der Waals surface area contributed by atoms with Gasteiger partial charge in [-0.3, -0.25) is 0 Å². The number of hydrogen-bond acceptors (Lipinski definition) is 8. The fourth-order valence-corrected chi connectivity index (χ4v) is 3.75. The normalized spacial score (nSPS) is 14.5. The van der Waals surface area contributed by atoms with Crippen LogP contribution in [0.3, 0.4) is 0 Å². The summed E-state index contributed by atoms with van der Waals surface area (Å²) in [5.74, 6) is 0.700. The Hall–Kier alpha value is -3.85. The standard InChI is InChI=1S/C23H23FN8/c1-31-10-12-32(13-11-31)21-7-6-16(14-18(21)24)27-23-25-9-8-22(29-23)28-20-15-26-30-19-5-3-2-4-17(19)20/h2-9,14-15H,10-13H2,1H3,(H2,25,27,28,29,30). The molecular weight excluding hydrogens is 407 g/mol. The van der Waals surface area contributed by atoms with Crippen molar-refractivity contribution in [3.8, 4) is 0 Å². The van der Waals surface area contributed by atoms with Crippen molar-refractivity contribution in [1.82, 2.24) is 25.1 Å². The predicted molar refractivity (Wildman–Crippen MR) is 124 cm³/mol. The van der Waals surface area contributed by atoms with Gasteiger partial charge >= 0.3 is 0 Å². The van der Waals surface area contributed by atoms with Gasteiger partial charge in [0.05, 0.1) is 23.1 Å². The molecule has 5 rings (SSSR count). The second-order valence-corrected chi connectivity index (χ2v) is 7.75. The summed E-state index contributed by atoms with van der Waals surface area (Å²) in [5, 5.41) is 15.5. The Balaban J connectivity index is 1.32. The Kier molecular flexibility index (Phi) is 5.47.